The summed E-state index contributed by atoms with van der Waals surface area (Å²) in [7, 11) is 0. The van der Waals surface area contributed by atoms with Crippen molar-refractivity contribution < 1.29 is 13.6 Å². The Kier molecular flexibility index (Phi) is 6.30. The van der Waals surface area contributed by atoms with Gasteiger partial charge in [0, 0.05) is 55.4 Å². The summed E-state index contributed by atoms with van der Waals surface area (Å²) in [6, 6.07) is 4.98. The lowest BCUT2D eigenvalue weighted by Gasteiger charge is -2.15. The molecule has 0 saturated carbocycles. The SMILES string of the molecule is CCSn1ccc(-c2cnc(NC(C)=O)cc2Nc2cc(C)nc(C(C)(F)F)n2)n1. The van der Waals surface area contributed by atoms with Crippen LogP contribution in [0.2, 0.25) is 0 Å². The van der Waals surface area contributed by atoms with Crippen LogP contribution in [0.1, 0.15) is 32.3 Å². The summed E-state index contributed by atoms with van der Waals surface area (Å²) < 4.78 is 29.2. The normalized spacial score (nSPS) is 11.4. The van der Waals surface area contributed by atoms with Crippen molar-refractivity contribution in [3.8, 4) is 11.3 Å². The average Bonchev–Trinajstić information content (AvgIpc) is 3.09. The highest BCUT2D eigenvalue weighted by atomic mass is 32.2. The molecule has 0 fully saturated rings. The minimum atomic E-state index is -3.18. The summed E-state index contributed by atoms with van der Waals surface area (Å²) in [5, 5.41) is 10.2. The number of alkyl halides is 2. The van der Waals surface area contributed by atoms with Crippen LogP contribution in [-0.4, -0.2) is 35.8 Å². The van der Waals surface area contributed by atoms with Gasteiger partial charge in [0.2, 0.25) is 11.7 Å². The highest BCUT2D eigenvalue weighted by molar-refractivity contribution is 7.97. The fourth-order valence-electron chi connectivity index (χ4n) is 2.63. The van der Waals surface area contributed by atoms with Crippen LogP contribution in [0.25, 0.3) is 11.3 Å². The maximum Gasteiger partial charge on any atom is 0.303 e. The standard InChI is InChI=1S/C19H21F2N7OS/c1-5-30-28-7-6-14(27-28)13-10-22-16(24-12(3)29)9-15(13)25-17-8-11(2)23-18(26-17)19(4,20)21/h6-10H,5H2,1-4H3,(H2,22,23,24,25,26,29). The van der Waals surface area contributed by atoms with Crippen molar-refractivity contribution >= 4 is 35.2 Å². The van der Waals surface area contributed by atoms with Gasteiger partial charge >= 0.3 is 5.92 Å². The van der Waals surface area contributed by atoms with Gasteiger partial charge in [-0.3, -0.25) is 4.79 Å². The van der Waals surface area contributed by atoms with Crippen LogP contribution >= 0.6 is 11.9 Å². The minimum Gasteiger partial charge on any atom is -0.339 e. The van der Waals surface area contributed by atoms with E-state index in [1.165, 1.54) is 18.9 Å². The zero-order valence-electron chi connectivity index (χ0n) is 16.9. The van der Waals surface area contributed by atoms with E-state index in [0.29, 0.717) is 28.5 Å². The summed E-state index contributed by atoms with van der Waals surface area (Å²) in [6.07, 6.45) is 3.37. The Morgan fingerprint density at radius 3 is 2.70 bits per heavy atom. The van der Waals surface area contributed by atoms with E-state index >= 15 is 0 Å². The van der Waals surface area contributed by atoms with Crippen molar-refractivity contribution in [3.05, 3.63) is 42.1 Å². The molecule has 0 bridgehead atoms. The highest BCUT2D eigenvalue weighted by Gasteiger charge is 2.29. The second-order valence-corrected chi connectivity index (χ2v) is 7.76. The van der Waals surface area contributed by atoms with Crippen LogP contribution in [0, 0.1) is 6.92 Å². The van der Waals surface area contributed by atoms with Crippen LogP contribution in [-0.2, 0) is 10.7 Å². The first-order valence-corrected chi connectivity index (χ1v) is 10.1. The Morgan fingerprint density at radius 2 is 2.03 bits per heavy atom. The second kappa shape index (κ2) is 8.74. The first kappa shape index (κ1) is 21.6. The molecule has 0 radical (unpaired) electrons. The van der Waals surface area contributed by atoms with Crippen molar-refractivity contribution in [2.24, 2.45) is 0 Å². The molecule has 8 nitrogen and oxygen atoms in total. The van der Waals surface area contributed by atoms with Crippen LogP contribution in [0.15, 0.2) is 30.6 Å². The van der Waals surface area contributed by atoms with E-state index < -0.39 is 11.7 Å². The van der Waals surface area contributed by atoms with Gasteiger partial charge in [-0.2, -0.15) is 13.9 Å². The van der Waals surface area contributed by atoms with Crippen molar-refractivity contribution in [3.63, 3.8) is 0 Å². The Bertz CT molecular complexity index is 1070. The number of rotatable bonds is 7. The number of anilines is 3. The van der Waals surface area contributed by atoms with Gasteiger partial charge in [0.05, 0.1) is 11.4 Å². The lowest BCUT2D eigenvalue weighted by atomic mass is 10.1. The van der Waals surface area contributed by atoms with Gasteiger partial charge in [-0.05, 0) is 24.9 Å². The Hall–Kier alpha value is -3.08. The minimum absolute atomic E-state index is 0.197. The monoisotopic (exact) mass is 433 g/mol. The van der Waals surface area contributed by atoms with Crippen molar-refractivity contribution in [1.29, 1.82) is 0 Å². The number of aryl methyl sites for hydroxylation is 1. The molecule has 3 aromatic rings. The fourth-order valence-corrected chi connectivity index (χ4v) is 3.19. The van der Waals surface area contributed by atoms with Gasteiger partial charge in [0.15, 0.2) is 0 Å². The van der Waals surface area contributed by atoms with E-state index in [1.54, 1.807) is 29.3 Å². The molecular formula is C19H21F2N7OS. The molecule has 1 amide bonds. The molecule has 3 rings (SSSR count). The summed E-state index contributed by atoms with van der Waals surface area (Å²) >= 11 is 1.52. The number of nitrogens with zero attached hydrogens (tertiary/aromatic N) is 5. The summed E-state index contributed by atoms with van der Waals surface area (Å²) in [6.45, 7) is 5.75. The third-order valence-electron chi connectivity index (χ3n) is 3.82. The zero-order chi connectivity index (χ0) is 21.9. The topological polar surface area (TPSA) is 97.6 Å². The molecule has 0 aliphatic carbocycles. The molecule has 3 aromatic heterocycles. The molecule has 0 unspecified atom stereocenters. The number of aromatic nitrogens is 5. The number of hydrogen-bond donors (Lipinski definition) is 2. The van der Waals surface area contributed by atoms with E-state index in [9.17, 15) is 13.6 Å². The van der Waals surface area contributed by atoms with Gasteiger partial charge in [-0.15, -0.1) is 0 Å². The van der Waals surface area contributed by atoms with E-state index in [2.05, 4.69) is 30.7 Å². The maximum absolute atomic E-state index is 13.8. The molecule has 3 heterocycles. The molecule has 0 aliphatic rings. The van der Waals surface area contributed by atoms with Gasteiger partial charge in [0.25, 0.3) is 0 Å². The number of nitrogens with one attached hydrogen (secondary N) is 2. The molecule has 11 heteroatoms. The Labute approximate surface area is 176 Å². The fraction of sp³-hybridized carbons (Fsp3) is 0.316. The summed E-state index contributed by atoms with van der Waals surface area (Å²) in [5.74, 6) is -2.69. The van der Waals surface area contributed by atoms with Gasteiger partial charge in [0.1, 0.15) is 11.6 Å². The summed E-state index contributed by atoms with van der Waals surface area (Å²) in [4.78, 5) is 23.4. The van der Waals surface area contributed by atoms with E-state index in [1.807, 2.05) is 19.2 Å². The number of carbonyl (C=O) groups is 1. The number of pyridine rings is 1. The van der Waals surface area contributed by atoms with E-state index in [-0.39, 0.29) is 11.7 Å². The van der Waals surface area contributed by atoms with Crippen molar-refractivity contribution in [2.45, 2.75) is 33.6 Å². The largest absolute Gasteiger partial charge is 0.339 e. The predicted molar refractivity (Wildman–Crippen MR) is 113 cm³/mol. The van der Waals surface area contributed by atoms with Gasteiger partial charge < -0.3 is 10.6 Å². The third kappa shape index (κ3) is 5.29. The van der Waals surface area contributed by atoms with Gasteiger partial charge in [-0.25, -0.2) is 19.0 Å². The Morgan fingerprint density at radius 1 is 1.27 bits per heavy atom. The summed E-state index contributed by atoms with van der Waals surface area (Å²) in [5.41, 5.74) is 2.15. The van der Waals surface area contributed by atoms with E-state index in [4.69, 9.17) is 0 Å². The number of halogens is 2. The number of carbonyl (C=O) groups excluding carboxylic acids is 1. The van der Waals surface area contributed by atoms with Gasteiger partial charge in [-0.1, -0.05) is 6.92 Å². The molecule has 30 heavy (non-hydrogen) atoms. The lowest BCUT2D eigenvalue weighted by molar-refractivity contribution is -0.114. The van der Waals surface area contributed by atoms with Crippen molar-refractivity contribution in [2.75, 3.05) is 16.4 Å². The first-order chi connectivity index (χ1) is 14.2. The smallest absolute Gasteiger partial charge is 0.303 e. The van der Waals surface area contributed by atoms with Crippen LogP contribution < -0.4 is 10.6 Å². The van der Waals surface area contributed by atoms with Crippen molar-refractivity contribution in [1.82, 2.24) is 24.1 Å². The number of hydrogen-bond acceptors (Lipinski definition) is 7. The molecule has 0 aromatic carbocycles. The molecule has 0 saturated heterocycles. The first-order valence-electron chi connectivity index (χ1n) is 9.13. The lowest BCUT2D eigenvalue weighted by Crippen LogP contribution is -2.14. The zero-order valence-corrected chi connectivity index (χ0v) is 17.7. The van der Waals surface area contributed by atoms with Crippen LogP contribution in [0.3, 0.4) is 0 Å². The molecule has 158 valence electrons. The van der Waals surface area contributed by atoms with Crippen LogP contribution in [0.4, 0.5) is 26.1 Å². The third-order valence-corrected chi connectivity index (χ3v) is 4.55. The molecule has 0 aliphatic heterocycles. The average molecular weight is 433 g/mol. The molecular weight excluding hydrogens is 412 g/mol. The van der Waals surface area contributed by atoms with E-state index in [0.717, 1.165) is 12.7 Å². The molecule has 0 spiro atoms. The predicted octanol–water partition coefficient (Wildman–Crippen LogP) is 4.37. The number of amides is 1. The molecule has 2 N–H and O–H groups in total. The van der Waals surface area contributed by atoms with Crippen LogP contribution in [0.5, 0.6) is 0 Å². The highest BCUT2D eigenvalue weighted by Crippen LogP contribution is 2.32. The maximum atomic E-state index is 13.8. The quantitative estimate of drug-likeness (QED) is 0.571. The molecule has 0 atom stereocenters. The Balaban J connectivity index is 2.04. The second-order valence-electron chi connectivity index (χ2n) is 6.55.